The SMILES string of the molecule is CN(C)CC(=O)N(C)C.O=CO. The zero-order valence-electron chi connectivity index (χ0n) is 7.94. The van der Waals surface area contributed by atoms with Gasteiger partial charge in [0.1, 0.15) is 0 Å². The van der Waals surface area contributed by atoms with Crippen molar-refractivity contribution in [1.82, 2.24) is 9.80 Å². The first-order valence-corrected chi connectivity index (χ1v) is 3.38. The maximum Gasteiger partial charge on any atom is 0.290 e. The van der Waals surface area contributed by atoms with Crippen molar-refractivity contribution in [2.75, 3.05) is 34.7 Å². The van der Waals surface area contributed by atoms with Gasteiger partial charge in [-0.1, -0.05) is 0 Å². The lowest BCUT2D eigenvalue weighted by Crippen LogP contribution is -2.32. The Hall–Kier alpha value is -1.10. The van der Waals surface area contributed by atoms with Gasteiger partial charge in [-0.2, -0.15) is 0 Å². The van der Waals surface area contributed by atoms with Gasteiger partial charge in [0, 0.05) is 14.1 Å². The van der Waals surface area contributed by atoms with Crippen molar-refractivity contribution >= 4 is 12.4 Å². The summed E-state index contributed by atoms with van der Waals surface area (Å²) in [5.74, 6) is 0.139. The highest BCUT2D eigenvalue weighted by molar-refractivity contribution is 5.77. The van der Waals surface area contributed by atoms with Gasteiger partial charge in [0.2, 0.25) is 5.91 Å². The molecule has 0 heterocycles. The molecule has 0 rings (SSSR count). The van der Waals surface area contributed by atoms with Crippen molar-refractivity contribution in [2.24, 2.45) is 0 Å². The van der Waals surface area contributed by atoms with Crippen LogP contribution in [0.25, 0.3) is 0 Å². The van der Waals surface area contributed by atoms with Crippen LogP contribution in [0.15, 0.2) is 0 Å². The highest BCUT2D eigenvalue weighted by Crippen LogP contribution is 1.80. The predicted molar refractivity (Wildman–Crippen MR) is 45.9 cm³/mol. The molecule has 1 N–H and O–H groups in total. The first-order valence-electron chi connectivity index (χ1n) is 3.38. The van der Waals surface area contributed by atoms with Crippen molar-refractivity contribution < 1.29 is 14.7 Å². The Balaban J connectivity index is 0. The van der Waals surface area contributed by atoms with Crippen LogP contribution in [0, 0.1) is 0 Å². The molecule has 0 aromatic carbocycles. The fourth-order valence-corrected chi connectivity index (χ4v) is 0.412. The number of likely N-dealkylation sites (N-methyl/N-ethyl adjacent to an activating group) is 2. The van der Waals surface area contributed by atoms with Crippen LogP contribution in [0.2, 0.25) is 0 Å². The lowest BCUT2D eigenvalue weighted by molar-refractivity contribution is -0.129. The van der Waals surface area contributed by atoms with E-state index in [0.29, 0.717) is 6.54 Å². The number of hydrogen-bond acceptors (Lipinski definition) is 3. The summed E-state index contributed by atoms with van der Waals surface area (Å²) in [6, 6.07) is 0. The molecule has 0 aromatic rings. The summed E-state index contributed by atoms with van der Waals surface area (Å²) < 4.78 is 0. The second kappa shape index (κ2) is 8.00. The van der Waals surface area contributed by atoms with Gasteiger partial charge < -0.3 is 14.9 Å². The molecular formula is C7H16N2O3. The second-order valence-electron chi connectivity index (χ2n) is 2.63. The molecule has 72 valence electrons. The Morgan fingerprint density at radius 2 is 1.67 bits per heavy atom. The summed E-state index contributed by atoms with van der Waals surface area (Å²) in [4.78, 5) is 22.6. The number of nitrogens with zero attached hydrogens (tertiary/aromatic N) is 2. The summed E-state index contributed by atoms with van der Waals surface area (Å²) >= 11 is 0. The van der Waals surface area contributed by atoms with Gasteiger partial charge in [-0.05, 0) is 14.1 Å². The molecule has 5 nitrogen and oxygen atoms in total. The van der Waals surface area contributed by atoms with E-state index in [0.717, 1.165) is 0 Å². The van der Waals surface area contributed by atoms with Crippen LogP contribution in [0.5, 0.6) is 0 Å². The van der Waals surface area contributed by atoms with Crippen molar-refractivity contribution in [1.29, 1.82) is 0 Å². The number of rotatable bonds is 2. The maximum absolute atomic E-state index is 10.8. The average molecular weight is 176 g/mol. The molecule has 0 spiro atoms. The van der Waals surface area contributed by atoms with Crippen LogP contribution in [-0.2, 0) is 9.59 Å². The first kappa shape index (κ1) is 13.5. The van der Waals surface area contributed by atoms with Gasteiger partial charge >= 0.3 is 0 Å². The van der Waals surface area contributed by atoms with Crippen LogP contribution < -0.4 is 0 Å². The lowest BCUT2D eigenvalue weighted by Gasteiger charge is -2.13. The molecule has 0 saturated carbocycles. The zero-order valence-corrected chi connectivity index (χ0v) is 7.94. The number of carbonyl (C=O) groups excluding carboxylic acids is 1. The third-order valence-corrected chi connectivity index (χ3v) is 0.950. The minimum atomic E-state index is -0.250. The van der Waals surface area contributed by atoms with Crippen molar-refractivity contribution in [2.45, 2.75) is 0 Å². The van der Waals surface area contributed by atoms with Crippen LogP contribution in [-0.4, -0.2) is 62.0 Å². The standard InChI is InChI=1S/C6H14N2O.CH2O2/c1-7(2)5-6(9)8(3)4;2-1-3/h5H2,1-4H3;1H,(H,2,3). The summed E-state index contributed by atoms with van der Waals surface area (Å²) in [5, 5.41) is 6.89. The van der Waals surface area contributed by atoms with Gasteiger partial charge in [-0.15, -0.1) is 0 Å². The molecule has 0 atom stereocenters. The summed E-state index contributed by atoms with van der Waals surface area (Å²) in [6.45, 7) is 0.243. The predicted octanol–water partition coefficient (Wildman–Crippen LogP) is -0.663. The third kappa shape index (κ3) is 11.7. The largest absolute Gasteiger partial charge is 0.483 e. The molecule has 0 saturated heterocycles. The van der Waals surface area contributed by atoms with E-state index in [9.17, 15) is 4.79 Å². The fraction of sp³-hybridized carbons (Fsp3) is 0.714. The second-order valence-corrected chi connectivity index (χ2v) is 2.63. The van der Waals surface area contributed by atoms with Crippen LogP contribution in [0.4, 0.5) is 0 Å². The van der Waals surface area contributed by atoms with E-state index in [-0.39, 0.29) is 12.4 Å². The van der Waals surface area contributed by atoms with Crippen molar-refractivity contribution in [3.05, 3.63) is 0 Å². The lowest BCUT2D eigenvalue weighted by atomic mass is 10.5. The van der Waals surface area contributed by atoms with Crippen LogP contribution in [0.3, 0.4) is 0 Å². The van der Waals surface area contributed by atoms with E-state index in [1.54, 1.807) is 19.0 Å². The van der Waals surface area contributed by atoms with E-state index in [2.05, 4.69) is 0 Å². The van der Waals surface area contributed by atoms with Gasteiger partial charge in [0.15, 0.2) is 0 Å². The average Bonchev–Trinajstić information content (AvgIpc) is 1.87. The molecule has 0 fully saturated rings. The molecule has 1 amide bonds. The Kier molecular flexibility index (Phi) is 8.99. The summed E-state index contributed by atoms with van der Waals surface area (Å²) in [6.07, 6.45) is 0. The molecule has 0 bridgehead atoms. The smallest absolute Gasteiger partial charge is 0.290 e. The molecule has 0 aliphatic heterocycles. The van der Waals surface area contributed by atoms with Gasteiger partial charge in [-0.25, -0.2) is 0 Å². The fourth-order valence-electron chi connectivity index (χ4n) is 0.412. The topological polar surface area (TPSA) is 60.9 Å². The highest BCUT2D eigenvalue weighted by atomic mass is 16.3. The zero-order chi connectivity index (χ0) is 10.1. The normalized spacial score (nSPS) is 8.42. The van der Waals surface area contributed by atoms with E-state index < -0.39 is 0 Å². The number of amides is 1. The Bertz CT molecular complexity index is 135. The molecular weight excluding hydrogens is 160 g/mol. The Morgan fingerprint density at radius 1 is 1.33 bits per heavy atom. The van der Waals surface area contributed by atoms with E-state index in [1.807, 2.05) is 19.0 Å². The monoisotopic (exact) mass is 176 g/mol. The highest BCUT2D eigenvalue weighted by Gasteiger charge is 2.02. The van der Waals surface area contributed by atoms with Crippen molar-refractivity contribution in [3.8, 4) is 0 Å². The number of hydrogen-bond donors (Lipinski definition) is 1. The number of carbonyl (C=O) groups is 2. The summed E-state index contributed by atoms with van der Waals surface area (Å²) in [7, 11) is 7.26. The molecule has 12 heavy (non-hydrogen) atoms. The van der Waals surface area contributed by atoms with Gasteiger partial charge in [0.25, 0.3) is 6.47 Å². The molecule has 0 unspecified atom stereocenters. The van der Waals surface area contributed by atoms with E-state index in [4.69, 9.17) is 9.90 Å². The molecule has 0 aliphatic rings. The van der Waals surface area contributed by atoms with Crippen LogP contribution in [0.1, 0.15) is 0 Å². The maximum atomic E-state index is 10.8. The molecule has 5 heteroatoms. The third-order valence-electron chi connectivity index (χ3n) is 0.950. The molecule has 0 aromatic heterocycles. The Labute approximate surface area is 72.6 Å². The number of carboxylic acid groups (broad SMARTS) is 1. The molecule has 0 radical (unpaired) electrons. The van der Waals surface area contributed by atoms with E-state index in [1.165, 1.54) is 0 Å². The Morgan fingerprint density at radius 3 is 1.75 bits per heavy atom. The van der Waals surface area contributed by atoms with Crippen molar-refractivity contribution in [3.63, 3.8) is 0 Å². The van der Waals surface area contributed by atoms with E-state index >= 15 is 0 Å². The van der Waals surface area contributed by atoms with Gasteiger partial charge in [0.05, 0.1) is 6.54 Å². The quantitative estimate of drug-likeness (QED) is 0.567. The minimum Gasteiger partial charge on any atom is -0.483 e. The summed E-state index contributed by atoms with van der Waals surface area (Å²) in [5.41, 5.74) is 0. The first-order chi connectivity index (χ1) is 5.45. The van der Waals surface area contributed by atoms with Gasteiger partial charge in [-0.3, -0.25) is 9.59 Å². The minimum absolute atomic E-state index is 0.139. The molecule has 0 aliphatic carbocycles. The van der Waals surface area contributed by atoms with Crippen LogP contribution >= 0.6 is 0 Å².